The van der Waals surface area contributed by atoms with Crippen molar-refractivity contribution in [1.29, 1.82) is 0 Å². The number of carbonyl (C=O) groups is 1. The molecule has 0 bridgehead atoms. The van der Waals surface area contributed by atoms with Crippen LogP contribution in [0.15, 0.2) is 48.5 Å². The van der Waals surface area contributed by atoms with E-state index in [-0.39, 0.29) is 18.6 Å². The van der Waals surface area contributed by atoms with Gasteiger partial charge < -0.3 is 15.5 Å². The zero-order valence-electron chi connectivity index (χ0n) is 16.3. The van der Waals surface area contributed by atoms with Gasteiger partial charge in [0.15, 0.2) is 0 Å². The summed E-state index contributed by atoms with van der Waals surface area (Å²) in [7, 11) is 0. The number of benzene rings is 2. The second kappa shape index (κ2) is 8.78. The van der Waals surface area contributed by atoms with Gasteiger partial charge in [-0.05, 0) is 48.2 Å². The van der Waals surface area contributed by atoms with Crippen LogP contribution in [0.2, 0.25) is 0 Å². The summed E-state index contributed by atoms with van der Waals surface area (Å²) in [6.45, 7) is 2.57. The number of fused-ring (bicyclic) bond motifs is 1. The molecule has 5 nitrogen and oxygen atoms in total. The van der Waals surface area contributed by atoms with Gasteiger partial charge in [0.1, 0.15) is 0 Å². The highest BCUT2D eigenvalue weighted by atomic mass is 19.3. The monoisotopic (exact) mass is 400 g/mol. The number of nitrogens with one attached hydrogen (secondary N) is 2. The summed E-state index contributed by atoms with van der Waals surface area (Å²) < 4.78 is 25.2. The van der Waals surface area contributed by atoms with Crippen molar-refractivity contribution in [3.05, 3.63) is 59.7 Å². The zero-order valence-corrected chi connectivity index (χ0v) is 16.3. The first-order chi connectivity index (χ1) is 14.1. The second-order valence-electron chi connectivity index (χ2n) is 7.76. The smallest absolute Gasteiger partial charge is 0.319 e. The maximum Gasteiger partial charge on any atom is 0.319 e. The number of amides is 2. The van der Waals surface area contributed by atoms with Crippen molar-refractivity contribution in [3.8, 4) is 0 Å². The first-order valence-electron chi connectivity index (χ1n) is 10.1. The molecule has 29 heavy (non-hydrogen) atoms. The molecule has 4 rings (SSSR count). The van der Waals surface area contributed by atoms with Crippen molar-refractivity contribution in [2.75, 3.05) is 29.9 Å². The third-order valence-electron chi connectivity index (χ3n) is 5.53. The van der Waals surface area contributed by atoms with E-state index in [1.807, 2.05) is 36.4 Å². The van der Waals surface area contributed by atoms with Gasteiger partial charge in [-0.3, -0.25) is 4.90 Å². The minimum Gasteiger partial charge on any atom is -0.369 e. The van der Waals surface area contributed by atoms with Crippen LogP contribution in [0.4, 0.5) is 25.0 Å². The van der Waals surface area contributed by atoms with Gasteiger partial charge in [-0.15, -0.1) is 0 Å². The molecule has 1 saturated heterocycles. The molecular weight excluding hydrogens is 374 g/mol. The number of rotatable bonds is 5. The average Bonchev–Trinajstić information content (AvgIpc) is 3.09. The van der Waals surface area contributed by atoms with Gasteiger partial charge in [0.05, 0.1) is 6.54 Å². The van der Waals surface area contributed by atoms with E-state index < -0.39 is 6.43 Å². The average molecular weight is 400 g/mol. The van der Waals surface area contributed by atoms with Crippen LogP contribution < -0.4 is 15.5 Å². The number of piperidine rings is 1. The van der Waals surface area contributed by atoms with E-state index >= 15 is 0 Å². The van der Waals surface area contributed by atoms with Gasteiger partial charge in [0, 0.05) is 43.6 Å². The topological polar surface area (TPSA) is 47.6 Å². The third kappa shape index (κ3) is 5.03. The van der Waals surface area contributed by atoms with Crippen molar-refractivity contribution in [3.63, 3.8) is 0 Å². The molecule has 2 N–H and O–H groups in total. The minimum atomic E-state index is -2.33. The molecule has 0 aromatic heterocycles. The van der Waals surface area contributed by atoms with E-state index in [1.165, 1.54) is 5.69 Å². The van der Waals surface area contributed by atoms with Crippen molar-refractivity contribution in [2.45, 2.75) is 38.4 Å². The Hall–Kier alpha value is -2.67. The predicted molar refractivity (Wildman–Crippen MR) is 110 cm³/mol. The van der Waals surface area contributed by atoms with E-state index in [9.17, 15) is 13.6 Å². The molecule has 0 saturated carbocycles. The lowest BCUT2D eigenvalue weighted by Gasteiger charge is -2.34. The number of anilines is 2. The SMILES string of the molecule is O=C(Nc1ccc2c(c1)CN(CC(F)F)C2)N[C@H]1CCCN(c2ccccc2)C1. The van der Waals surface area contributed by atoms with Gasteiger partial charge in [0.2, 0.25) is 0 Å². The first kappa shape index (κ1) is 19.6. The van der Waals surface area contributed by atoms with Crippen LogP contribution in [0.25, 0.3) is 0 Å². The molecule has 0 unspecified atom stereocenters. The summed E-state index contributed by atoms with van der Waals surface area (Å²) in [5.74, 6) is 0. The van der Waals surface area contributed by atoms with E-state index in [0.29, 0.717) is 18.8 Å². The molecule has 1 atom stereocenters. The molecule has 7 heteroatoms. The fourth-order valence-corrected chi connectivity index (χ4v) is 4.19. The Labute approximate surface area is 169 Å². The Bertz CT molecular complexity index is 846. The maximum atomic E-state index is 12.6. The number of halogens is 2. The van der Waals surface area contributed by atoms with Crippen molar-refractivity contribution < 1.29 is 13.6 Å². The van der Waals surface area contributed by atoms with E-state index in [2.05, 4.69) is 27.7 Å². The quantitative estimate of drug-likeness (QED) is 0.796. The molecule has 2 aliphatic heterocycles. The van der Waals surface area contributed by atoms with E-state index in [1.54, 1.807) is 4.90 Å². The van der Waals surface area contributed by atoms with Gasteiger partial charge in [0.25, 0.3) is 6.43 Å². The Balaban J connectivity index is 1.31. The van der Waals surface area contributed by atoms with Crippen LogP contribution in [-0.2, 0) is 13.1 Å². The zero-order chi connectivity index (χ0) is 20.2. The number of alkyl halides is 2. The van der Waals surface area contributed by atoms with Crippen LogP contribution >= 0.6 is 0 Å². The third-order valence-corrected chi connectivity index (χ3v) is 5.53. The summed E-state index contributed by atoms with van der Waals surface area (Å²) in [5, 5.41) is 5.96. The fourth-order valence-electron chi connectivity index (χ4n) is 4.19. The van der Waals surface area contributed by atoms with E-state index in [4.69, 9.17) is 0 Å². The normalized spacial score (nSPS) is 19.3. The molecule has 2 heterocycles. The van der Waals surface area contributed by atoms with Gasteiger partial charge in [-0.2, -0.15) is 0 Å². The Morgan fingerprint density at radius 3 is 2.69 bits per heavy atom. The second-order valence-corrected chi connectivity index (χ2v) is 7.76. The van der Waals surface area contributed by atoms with Gasteiger partial charge in [-0.25, -0.2) is 13.6 Å². The Kier molecular flexibility index (Phi) is 5.94. The molecule has 154 valence electrons. The number of hydrogen-bond acceptors (Lipinski definition) is 3. The molecule has 0 aliphatic carbocycles. The predicted octanol–water partition coefficient (Wildman–Crippen LogP) is 4.06. The van der Waals surface area contributed by atoms with Crippen LogP contribution in [-0.4, -0.2) is 43.0 Å². The number of para-hydroxylation sites is 1. The van der Waals surface area contributed by atoms with Gasteiger partial charge in [-0.1, -0.05) is 24.3 Å². The summed E-state index contributed by atoms with van der Waals surface area (Å²) in [4.78, 5) is 16.5. The summed E-state index contributed by atoms with van der Waals surface area (Å²) in [6, 6.07) is 15.7. The lowest BCUT2D eigenvalue weighted by molar-refractivity contribution is 0.0873. The Morgan fingerprint density at radius 1 is 1.10 bits per heavy atom. The molecule has 0 radical (unpaired) electrons. The molecule has 0 spiro atoms. The van der Waals surface area contributed by atoms with Crippen LogP contribution in [0.3, 0.4) is 0 Å². The lowest BCUT2D eigenvalue weighted by Crippen LogP contribution is -2.49. The van der Waals surface area contributed by atoms with Crippen molar-refractivity contribution >= 4 is 17.4 Å². The number of urea groups is 1. The van der Waals surface area contributed by atoms with Crippen molar-refractivity contribution in [2.24, 2.45) is 0 Å². The highest BCUT2D eigenvalue weighted by Gasteiger charge is 2.23. The highest BCUT2D eigenvalue weighted by Crippen LogP contribution is 2.26. The summed E-state index contributed by atoms with van der Waals surface area (Å²) >= 11 is 0. The summed E-state index contributed by atoms with van der Waals surface area (Å²) in [5.41, 5.74) is 3.90. The van der Waals surface area contributed by atoms with Crippen LogP contribution in [0.5, 0.6) is 0 Å². The molecule has 2 aromatic carbocycles. The number of hydrogen-bond donors (Lipinski definition) is 2. The minimum absolute atomic E-state index is 0.0833. The molecular formula is C22H26F2N4O. The van der Waals surface area contributed by atoms with Gasteiger partial charge >= 0.3 is 6.03 Å². The molecule has 2 aromatic rings. The maximum absolute atomic E-state index is 12.6. The molecule has 2 aliphatic rings. The fraction of sp³-hybridized carbons (Fsp3) is 0.409. The summed E-state index contributed by atoms with van der Waals surface area (Å²) in [6.07, 6.45) is -0.360. The van der Waals surface area contributed by atoms with Crippen LogP contribution in [0, 0.1) is 0 Å². The first-order valence-corrected chi connectivity index (χ1v) is 10.1. The molecule has 1 fully saturated rings. The van der Waals surface area contributed by atoms with E-state index in [0.717, 1.165) is 37.1 Å². The standard InChI is InChI=1S/C22H26F2N4O/c23-21(24)15-27-12-16-8-9-18(11-17(16)13-27)25-22(29)26-19-5-4-10-28(14-19)20-6-2-1-3-7-20/h1-3,6-9,11,19,21H,4-5,10,12-15H2,(H2,25,26,29)/t19-/m0/s1. The Morgan fingerprint density at radius 2 is 1.90 bits per heavy atom. The van der Waals surface area contributed by atoms with Crippen molar-refractivity contribution in [1.82, 2.24) is 10.2 Å². The van der Waals surface area contributed by atoms with Crippen LogP contribution in [0.1, 0.15) is 24.0 Å². The lowest BCUT2D eigenvalue weighted by atomic mass is 10.1. The molecule has 2 amide bonds. The highest BCUT2D eigenvalue weighted by molar-refractivity contribution is 5.89. The number of carbonyl (C=O) groups excluding carboxylic acids is 1. The largest absolute Gasteiger partial charge is 0.369 e. The number of nitrogens with zero attached hydrogens (tertiary/aromatic N) is 2.